The van der Waals surface area contributed by atoms with Crippen LogP contribution in [0.25, 0.3) is 22.0 Å². The monoisotopic (exact) mass is 248 g/mol. The molecule has 1 heterocycles. The van der Waals surface area contributed by atoms with Crippen molar-refractivity contribution in [2.75, 3.05) is 5.73 Å². The van der Waals surface area contributed by atoms with Gasteiger partial charge in [-0.25, -0.2) is 0 Å². The van der Waals surface area contributed by atoms with Crippen molar-refractivity contribution in [3.8, 4) is 11.3 Å². The van der Waals surface area contributed by atoms with Crippen LogP contribution in [0, 0.1) is 13.8 Å². The molecule has 2 nitrogen and oxygen atoms in total. The van der Waals surface area contributed by atoms with Crippen molar-refractivity contribution in [2.45, 2.75) is 13.8 Å². The van der Waals surface area contributed by atoms with Crippen molar-refractivity contribution >= 4 is 16.5 Å². The number of pyridine rings is 1. The molecule has 0 aliphatic carbocycles. The Morgan fingerprint density at radius 2 is 1.68 bits per heavy atom. The van der Waals surface area contributed by atoms with Crippen molar-refractivity contribution in [2.24, 2.45) is 0 Å². The van der Waals surface area contributed by atoms with Gasteiger partial charge in [-0.2, -0.15) is 0 Å². The standard InChI is InChI=1S/C17H16N2/c1-11-7-8-16(19-10-11)15-9-12(2)13-5-3-4-6-14(13)17(15)18/h3-10H,18H2,1-2H3. The molecule has 94 valence electrons. The number of fused-ring (bicyclic) bond motifs is 1. The van der Waals surface area contributed by atoms with Gasteiger partial charge in [0.2, 0.25) is 0 Å². The first-order valence-electron chi connectivity index (χ1n) is 6.37. The van der Waals surface area contributed by atoms with Gasteiger partial charge in [0.05, 0.1) is 5.69 Å². The number of nitrogens with two attached hydrogens (primary N) is 1. The molecule has 0 radical (unpaired) electrons. The van der Waals surface area contributed by atoms with Crippen LogP contribution in [0.4, 0.5) is 5.69 Å². The van der Waals surface area contributed by atoms with Crippen LogP contribution in [0.1, 0.15) is 11.1 Å². The Morgan fingerprint density at radius 1 is 0.947 bits per heavy atom. The molecule has 3 aromatic rings. The number of aromatic nitrogens is 1. The third-order valence-corrected chi connectivity index (χ3v) is 3.48. The maximum absolute atomic E-state index is 6.32. The zero-order chi connectivity index (χ0) is 13.4. The lowest BCUT2D eigenvalue weighted by Gasteiger charge is -2.11. The van der Waals surface area contributed by atoms with E-state index in [2.05, 4.69) is 36.2 Å². The van der Waals surface area contributed by atoms with Gasteiger partial charge in [0.25, 0.3) is 0 Å². The first-order valence-corrected chi connectivity index (χ1v) is 6.37. The smallest absolute Gasteiger partial charge is 0.0723 e. The molecule has 19 heavy (non-hydrogen) atoms. The maximum atomic E-state index is 6.32. The Bertz CT molecular complexity index is 743. The van der Waals surface area contributed by atoms with Gasteiger partial charge in [-0.3, -0.25) is 4.98 Å². The van der Waals surface area contributed by atoms with E-state index in [0.717, 1.165) is 27.9 Å². The van der Waals surface area contributed by atoms with E-state index in [-0.39, 0.29) is 0 Å². The molecule has 0 fully saturated rings. The number of hydrogen-bond acceptors (Lipinski definition) is 2. The Hall–Kier alpha value is -2.35. The fraction of sp³-hybridized carbons (Fsp3) is 0.118. The number of anilines is 1. The Morgan fingerprint density at radius 3 is 2.37 bits per heavy atom. The molecule has 0 unspecified atom stereocenters. The van der Waals surface area contributed by atoms with E-state index in [1.165, 1.54) is 10.9 Å². The summed E-state index contributed by atoms with van der Waals surface area (Å²) in [6, 6.07) is 14.4. The van der Waals surface area contributed by atoms with Gasteiger partial charge in [-0.1, -0.05) is 30.3 Å². The Labute approximate surface area is 112 Å². The highest BCUT2D eigenvalue weighted by molar-refractivity contribution is 6.01. The van der Waals surface area contributed by atoms with Gasteiger partial charge in [0.1, 0.15) is 0 Å². The highest BCUT2D eigenvalue weighted by Gasteiger charge is 2.09. The molecular formula is C17H16N2. The summed E-state index contributed by atoms with van der Waals surface area (Å²) in [5.74, 6) is 0. The number of rotatable bonds is 1. The lowest BCUT2D eigenvalue weighted by Crippen LogP contribution is -1.95. The Kier molecular flexibility index (Phi) is 2.71. The van der Waals surface area contributed by atoms with E-state index in [1.54, 1.807) is 0 Å². The summed E-state index contributed by atoms with van der Waals surface area (Å²) in [5, 5.41) is 2.30. The molecule has 2 N–H and O–H groups in total. The molecule has 0 spiro atoms. The second-order valence-electron chi connectivity index (χ2n) is 4.92. The summed E-state index contributed by atoms with van der Waals surface area (Å²) >= 11 is 0. The topological polar surface area (TPSA) is 38.9 Å². The van der Waals surface area contributed by atoms with Gasteiger partial charge in [-0.05, 0) is 42.5 Å². The minimum atomic E-state index is 0.803. The van der Waals surface area contributed by atoms with Gasteiger partial charge >= 0.3 is 0 Å². The molecule has 0 aliphatic heterocycles. The zero-order valence-corrected chi connectivity index (χ0v) is 11.1. The van der Waals surface area contributed by atoms with Crippen molar-refractivity contribution in [1.82, 2.24) is 4.98 Å². The van der Waals surface area contributed by atoms with Crippen LogP contribution < -0.4 is 5.73 Å². The summed E-state index contributed by atoms with van der Waals surface area (Å²) in [5.41, 5.74) is 11.4. The molecule has 2 heteroatoms. The number of benzene rings is 2. The van der Waals surface area contributed by atoms with Crippen molar-refractivity contribution in [3.05, 3.63) is 59.8 Å². The molecule has 0 atom stereocenters. The van der Waals surface area contributed by atoms with Gasteiger partial charge in [0.15, 0.2) is 0 Å². The van der Waals surface area contributed by atoms with Crippen LogP contribution >= 0.6 is 0 Å². The third kappa shape index (κ3) is 1.95. The second kappa shape index (κ2) is 4.39. The van der Waals surface area contributed by atoms with E-state index < -0.39 is 0 Å². The average molecular weight is 248 g/mol. The van der Waals surface area contributed by atoms with E-state index in [0.29, 0.717) is 0 Å². The summed E-state index contributed by atoms with van der Waals surface area (Å²) < 4.78 is 0. The number of nitrogen functional groups attached to an aromatic ring is 1. The Balaban J connectivity index is 2.30. The zero-order valence-electron chi connectivity index (χ0n) is 11.1. The number of hydrogen-bond donors (Lipinski definition) is 1. The van der Waals surface area contributed by atoms with E-state index in [4.69, 9.17) is 5.73 Å². The minimum Gasteiger partial charge on any atom is -0.398 e. The molecule has 1 aromatic heterocycles. The van der Waals surface area contributed by atoms with Crippen molar-refractivity contribution in [1.29, 1.82) is 0 Å². The molecule has 0 saturated heterocycles. The number of nitrogens with zero attached hydrogens (tertiary/aromatic N) is 1. The predicted molar refractivity (Wildman–Crippen MR) is 81.1 cm³/mol. The molecule has 2 aromatic carbocycles. The van der Waals surface area contributed by atoms with Gasteiger partial charge < -0.3 is 5.73 Å². The number of aryl methyl sites for hydroxylation is 2. The molecule has 3 rings (SSSR count). The molecule has 0 amide bonds. The van der Waals surface area contributed by atoms with E-state index in [9.17, 15) is 0 Å². The molecule has 0 aliphatic rings. The third-order valence-electron chi connectivity index (χ3n) is 3.48. The maximum Gasteiger partial charge on any atom is 0.0723 e. The first kappa shape index (κ1) is 11.7. The highest BCUT2D eigenvalue weighted by Crippen LogP contribution is 2.33. The van der Waals surface area contributed by atoms with Crippen LogP contribution in [0.5, 0.6) is 0 Å². The van der Waals surface area contributed by atoms with Gasteiger partial charge in [-0.15, -0.1) is 0 Å². The summed E-state index contributed by atoms with van der Waals surface area (Å²) in [7, 11) is 0. The average Bonchev–Trinajstić information content (AvgIpc) is 2.44. The van der Waals surface area contributed by atoms with Crippen LogP contribution in [0.15, 0.2) is 48.7 Å². The summed E-state index contributed by atoms with van der Waals surface area (Å²) in [4.78, 5) is 4.48. The van der Waals surface area contributed by atoms with Crippen LogP contribution in [-0.4, -0.2) is 4.98 Å². The minimum absolute atomic E-state index is 0.803. The van der Waals surface area contributed by atoms with Crippen molar-refractivity contribution < 1.29 is 0 Å². The van der Waals surface area contributed by atoms with Crippen LogP contribution in [0.2, 0.25) is 0 Å². The SMILES string of the molecule is Cc1ccc(-c2cc(C)c3ccccc3c2N)nc1. The first-order chi connectivity index (χ1) is 9.16. The van der Waals surface area contributed by atoms with Crippen molar-refractivity contribution in [3.63, 3.8) is 0 Å². The molecular weight excluding hydrogens is 232 g/mol. The fourth-order valence-corrected chi connectivity index (χ4v) is 2.42. The van der Waals surface area contributed by atoms with E-state index in [1.807, 2.05) is 31.3 Å². The van der Waals surface area contributed by atoms with Crippen LogP contribution in [0.3, 0.4) is 0 Å². The molecule has 0 saturated carbocycles. The van der Waals surface area contributed by atoms with Gasteiger partial charge in [0, 0.05) is 22.8 Å². The second-order valence-corrected chi connectivity index (χ2v) is 4.92. The highest BCUT2D eigenvalue weighted by atomic mass is 14.7. The quantitative estimate of drug-likeness (QED) is 0.658. The lowest BCUT2D eigenvalue weighted by atomic mass is 9.97. The largest absolute Gasteiger partial charge is 0.398 e. The van der Waals surface area contributed by atoms with Crippen LogP contribution in [-0.2, 0) is 0 Å². The van der Waals surface area contributed by atoms with E-state index >= 15 is 0 Å². The fourth-order valence-electron chi connectivity index (χ4n) is 2.42. The summed E-state index contributed by atoms with van der Waals surface area (Å²) in [6.07, 6.45) is 1.87. The lowest BCUT2D eigenvalue weighted by molar-refractivity contribution is 1.27. The summed E-state index contributed by atoms with van der Waals surface area (Å²) in [6.45, 7) is 4.14. The molecule has 0 bridgehead atoms. The predicted octanol–water partition coefficient (Wildman–Crippen LogP) is 4.10. The normalized spacial score (nSPS) is 10.8.